The predicted octanol–water partition coefficient (Wildman–Crippen LogP) is 3.11. The molecule has 1 aliphatic rings. The zero-order valence-electron chi connectivity index (χ0n) is 11.1. The Labute approximate surface area is 114 Å². The molecule has 2 rings (SSSR count). The van der Waals surface area contributed by atoms with Gasteiger partial charge in [-0.05, 0) is 30.7 Å². The normalized spacial score (nSPS) is 18.7. The summed E-state index contributed by atoms with van der Waals surface area (Å²) >= 11 is 5.60. The Hall–Kier alpha value is -1.02. The van der Waals surface area contributed by atoms with Crippen LogP contribution in [0.2, 0.25) is 0 Å². The highest BCUT2D eigenvalue weighted by atomic mass is 35.5. The van der Waals surface area contributed by atoms with Gasteiger partial charge in [-0.25, -0.2) is 0 Å². The van der Waals surface area contributed by atoms with E-state index in [2.05, 4.69) is 38.1 Å². The number of nitrogens with zero attached hydrogens (tertiary/aromatic N) is 1. The lowest BCUT2D eigenvalue weighted by Gasteiger charge is -2.39. The largest absolute Gasteiger partial charge is 0.342 e. The molecule has 1 heterocycles. The van der Waals surface area contributed by atoms with E-state index >= 15 is 0 Å². The van der Waals surface area contributed by atoms with E-state index < -0.39 is 0 Å². The van der Waals surface area contributed by atoms with Crippen LogP contribution in [0.15, 0.2) is 24.3 Å². The first-order chi connectivity index (χ1) is 8.55. The Morgan fingerprint density at radius 3 is 2.33 bits per heavy atom. The number of benzene rings is 1. The highest BCUT2D eigenvalue weighted by Gasteiger charge is 2.32. The number of carbonyl (C=O) groups excluding carboxylic acids is 1. The molecule has 0 spiro atoms. The van der Waals surface area contributed by atoms with Crippen molar-refractivity contribution in [3.8, 4) is 0 Å². The number of carbonyl (C=O) groups is 1. The molecule has 0 unspecified atom stereocenters. The summed E-state index contributed by atoms with van der Waals surface area (Å²) in [7, 11) is 0. The highest BCUT2D eigenvalue weighted by molar-refractivity contribution is 6.27. The molecule has 18 heavy (non-hydrogen) atoms. The molecule has 0 atom stereocenters. The summed E-state index contributed by atoms with van der Waals surface area (Å²) in [4.78, 5) is 13.4. The van der Waals surface area contributed by atoms with Crippen LogP contribution in [0.5, 0.6) is 0 Å². The number of aryl methyl sites for hydroxylation is 1. The lowest BCUT2D eigenvalue weighted by molar-refractivity contribution is -0.130. The molecule has 0 N–H and O–H groups in total. The van der Waals surface area contributed by atoms with Crippen molar-refractivity contribution in [3.63, 3.8) is 0 Å². The van der Waals surface area contributed by atoms with Crippen molar-refractivity contribution in [2.45, 2.75) is 32.1 Å². The van der Waals surface area contributed by atoms with E-state index in [9.17, 15) is 4.79 Å². The van der Waals surface area contributed by atoms with Gasteiger partial charge in [-0.3, -0.25) is 4.79 Å². The number of likely N-dealkylation sites (tertiary alicyclic amines) is 1. The molecule has 1 fully saturated rings. The first kappa shape index (κ1) is 13.4. The van der Waals surface area contributed by atoms with Gasteiger partial charge >= 0.3 is 0 Å². The summed E-state index contributed by atoms with van der Waals surface area (Å²) in [6.07, 6.45) is 2.03. The summed E-state index contributed by atoms with van der Waals surface area (Å²) in [6.45, 7) is 6.03. The molecule has 1 aromatic carbocycles. The van der Waals surface area contributed by atoms with Crippen molar-refractivity contribution in [3.05, 3.63) is 35.4 Å². The zero-order valence-corrected chi connectivity index (χ0v) is 11.8. The maximum Gasteiger partial charge on any atom is 0.237 e. The van der Waals surface area contributed by atoms with Crippen LogP contribution in [0.25, 0.3) is 0 Å². The van der Waals surface area contributed by atoms with E-state index in [4.69, 9.17) is 11.6 Å². The maximum absolute atomic E-state index is 11.6. The number of hydrogen-bond acceptors (Lipinski definition) is 1. The van der Waals surface area contributed by atoms with Crippen molar-refractivity contribution < 1.29 is 4.79 Å². The molecule has 1 aromatic rings. The van der Waals surface area contributed by atoms with Crippen LogP contribution in [-0.4, -0.2) is 29.8 Å². The second-order valence-electron chi connectivity index (χ2n) is 5.44. The average molecular weight is 266 g/mol. The third-order valence-electron chi connectivity index (χ3n) is 4.08. The number of hydrogen-bond donors (Lipinski definition) is 0. The average Bonchev–Trinajstić information content (AvgIpc) is 2.39. The third-order valence-corrected chi connectivity index (χ3v) is 4.31. The Kier molecular flexibility index (Phi) is 3.96. The van der Waals surface area contributed by atoms with E-state index in [0.29, 0.717) is 0 Å². The molecule has 0 aromatic heterocycles. The lowest BCUT2D eigenvalue weighted by atomic mass is 9.74. The van der Waals surface area contributed by atoms with E-state index in [1.807, 2.05) is 4.90 Å². The second kappa shape index (κ2) is 5.31. The maximum atomic E-state index is 11.6. The van der Waals surface area contributed by atoms with Gasteiger partial charge in [0, 0.05) is 13.1 Å². The van der Waals surface area contributed by atoms with Gasteiger partial charge in [-0.15, -0.1) is 11.6 Å². The molecule has 1 amide bonds. The molecular formula is C15H20ClNO. The molecule has 0 saturated carbocycles. The molecule has 3 heteroatoms. The van der Waals surface area contributed by atoms with Crippen LogP contribution in [0.1, 0.15) is 30.9 Å². The summed E-state index contributed by atoms with van der Waals surface area (Å²) < 4.78 is 0. The van der Waals surface area contributed by atoms with E-state index in [0.717, 1.165) is 25.9 Å². The van der Waals surface area contributed by atoms with Crippen molar-refractivity contribution >= 4 is 17.5 Å². The topological polar surface area (TPSA) is 20.3 Å². The third kappa shape index (κ3) is 2.69. The molecular weight excluding hydrogens is 246 g/mol. The smallest absolute Gasteiger partial charge is 0.237 e. The summed E-state index contributed by atoms with van der Waals surface area (Å²) in [5, 5.41) is 0. The number of piperidine rings is 1. The Bertz CT molecular complexity index is 419. The Balaban J connectivity index is 2.07. The molecule has 0 bridgehead atoms. The van der Waals surface area contributed by atoms with Crippen LogP contribution in [-0.2, 0) is 10.2 Å². The van der Waals surface area contributed by atoms with Gasteiger partial charge in [-0.2, -0.15) is 0 Å². The second-order valence-corrected chi connectivity index (χ2v) is 5.71. The first-order valence-electron chi connectivity index (χ1n) is 6.46. The standard InChI is InChI=1S/C15H20ClNO/c1-12-3-5-13(6-4-12)15(2)7-9-17(10-8-15)14(18)11-16/h3-6H,7-11H2,1-2H3. The molecule has 1 saturated heterocycles. The summed E-state index contributed by atoms with van der Waals surface area (Å²) in [5.74, 6) is 0.156. The minimum absolute atomic E-state index is 0.0580. The zero-order chi connectivity index (χ0) is 13.2. The Morgan fingerprint density at radius 1 is 1.28 bits per heavy atom. The van der Waals surface area contributed by atoms with Gasteiger partial charge in [-0.1, -0.05) is 36.8 Å². The van der Waals surface area contributed by atoms with Crippen molar-refractivity contribution in [2.75, 3.05) is 19.0 Å². The van der Waals surface area contributed by atoms with Crippen LogP contribution in [0.4, 0.5) is 0 Å². The van der Waals surface area contributed by atoms with Gasteiger partial charge in [0.05, 0.1) is 0 Å². The van der Waals surface area contributed by atoms with Crippen molar-refractivity contribution in [2.24, 2.45) is 0 Å². The van der Waals surface area contributed by atoms with Gasteiger partial charge in [0.2, 0.25) is 5.91 Å². The number of rotatable bonds is 2. The van der Waals surface area contributed by atoms with E-state index in [1.165, 1.54) is 11.1 Å². The minimum Gasteiger partial charge on any atom is -0.342 e. The van der Waals surface area contributed by atoms with E-state index in [1.54, 1.807) is 0 Å². The van der Waals surface area contributed by atoms with Gasteiger partial charge in [0.1, 0.15) is 5.88 Å². The molecule has 1 aliphatic heterocycles. The molecule has 0 radical (unpaired) electrons. The summed E-state index contributed by atoms with van der Waals surface area (Å²) in [5.41, 5.74) is 2.86. The Morgan fingerprint density at radius 2 is 1.83 bits per heavy atom. The quantitative estimate of drug-likeness (QED) is 0.753. The fraction of sp³-hybridized carbons (Fsp3) is 0.533. The summed E-state index contributed by atoms with van der Waals surface area (Å²) in [6, 6.07) is 8.76. The molecule has 0 aliphatic carbocycles. The van der Waals surface area contributed by atoms with Crippen LogP contribution < -0.4 is 0 Å². The SMILES string of the molecule is Cc1ccc(C2(C)CCN(C(=O)CCl)CC2)cc1. The number of alkyl halides is 1. The predicted molar refractivity (Wildman–Crippen MR) is 75.1 cm³/mol. The van der Waals surface area contributed by atoms with Crippen molar-refractivity contribution in [1.29, 1.82) is 0 Å². The minimum atomic E-state index is 0.0580. The fourth-order valence-corrected chi connectivity index (χ4v) is 2.75. The van der Waals surface area contributed by atoms with Crippen LogP contribution in [0, 0.1) is 6.92 Å². The van der Waals surface area contributed by atoms with Crippen LogP contribution in [0.3, 0.4) is 0 Å². The van der Waals surface area contributed by atoms with Crippen LogP contribution >= 0.6 is 11.6 Å². The van der Waals surface area contributed by atoms with Gasteiger partial charge < -0.3 is 4.90 Å². The monoisotopic (exact) mass is 265 g/mol. The highest BCUT2D eigenvalue weighted by Crippen LogP contribution is 2.35. The number of amides is 1. The molecule has 2 nitrogen and oxygen atoms in total. The molecule has 98 valence electrons. The number of halogens is 1. The lowest BCUT2D eigenvalue weighted by Crippen LogP contribution is -2.44. The first-order valence-corrected chi connectivity index (χ1v) is 6.99. The van der Waals surface area contributed by atoms with Gasteiger partial charge in [0.15, 0.2) is 0 Å². The fourth-order valence-electron chi connectivity index (χ4n) is 2.58. The van der Waals surface area contributed by atoms with Crippen molar-refractivity contribution in [1.82, 2.24) is 4.90 Å². The van der Waals surface area contributed by atoms with E-state index in [-0.39, 0.29) is 17.2 Å². The van der Waals surface area contributed by atoms with Gasteiger partial charge in [0.25, 0.3) is 0 Å².